The van der Waals surface area contributed by atoms with Crippen LogP contribution in [0.15, 0.2) is 72.8 Å². The fraction of sp³-hybridized carbons (Fsp3) is 0.487. The smallest absolute Gasteiger partial charge is 0.303 e. The van der Waals surface area contributed by atoms with Gasteiger partial charge in [-0.1, -0.05) is 66.7 Å². The number of nitrogens with zero attached hydrogens (tertiary/aromatic N) is 2. The van der Waals surface area contributed by atoms with E-state index in [2.05, 4.69) is 57.6 Å². The summed E-state index contributed by atoms with van der Waals surface area (Å²) in [6.45, 7) is 8.81. The Balaban J connectivity index is 1.14. The molecule has 3 aromatic rings. The maximum Gasteiger partial charge on any atom is 0.303 e. The molecule has 3 heterocycles. The maximum atomic E-state index is 12.3. The van der Waals surface area contributed by atoms with E-state index in [4.69, 9.17) is 14.2 Å². The number of aliphatic hydroxyl groups is 1. The lowest BCUT2D eigenvalue weighted by Gasteiger charge is -2.39. The SMILES string of the molecule is CC(=O)OC(C)C(=O)NCc1cccc(-c2ccc(C3OC(CN4CCCC4CN4CCCC4)CC(c4ccc(CO)cc4)O3)cc2)c1. The van der Waals surface area contributed by atoms with E-state index in [1.165, 1.54) is 45.7 Å². The Morgan fingerprint density at radius 3 is 2.38 bits per heavy atom. The molecular formula is C39H49N3O6. The molecule has 0 spiro atoms. The molecule has 0 aromatic heterocycles. The number of hydrogen-bond donors (Lipinski definition) is 2. The van der Waals surface area contributed by atoms with Gasteiger partial charge in [-0.15, -0.1) is 0 Å². The van der Waals surface area contributed by atoms with E-state index in [9.17, 15) is 14.7 Å². The lowest BCUT2D eigenvalue weighted by molar-refractivity contribution is -0.253. The number of esters is 1. The Hall–Kier alpha value is -3.60. The van der Waals surface area contributed by atoms with Crippen LogP contribution in [0.1, 0.15) is 80.6 Å². The molecule has 3 fully saturated rings. The summed E-state index contributed by atoms with van der Waals surface area (Å²) in [5.41, 5.74) is 5.98. The minimum atomic E-state index is -0.840. The van der Waals surface area contributed by atoms with Gasteiger partial charge in [-0.3, -0.25) is 14.5 Å². The van der Waals surface area contributed by atoms with Crippen molar-refractivity contribution < 1.29 is 28.9 Å². The summed E-state index contributed by atoms with van der Waals surface area (Å²) in [6.07, 6.45) is 4.47. The number of hydrogen-bond acceptors (Lipinski definition) is 8. The first-order valence-electron chi connectivity index (χ1n) is 17.5. The zero-order valence-electron chi connectivity index (χ0n) is 28.2. The van der Waals surface area contributed by atoms with Crippen LogP contribution in [0.5, 0.6) is 0 Å². The van der Waals surface area contributed by atoms with Gasteiger partial charge in [-0.05, 0) is 86.1 Å². The van der Waals surface area contributed by atoms with Crippen molar-refractivity contribution in [1.82, 2.24) is 15.1 Å². The molecule has 1 amide bonds. The van der Waals surface area contributed by atoms with Gasteiger partial charge < -0.3 is 29.5 Å². The Labute approximate surface area is 284 Å². The highest BCUT2D eigenvalue weighted by molar-refractivity contribution is 5.82. The Kier molecular flexibility index (Phi) is 11.6. The van der Waals surface area contributed by atoms with Crippen LogP contribution in [0, 0.1) is 0 Å². The van der Waals surface area contributed by atoms with Crippen LogP contribution < -0.4 is 5.32 Å². The van der Waals surface area contributed by atoms with E-state index in [1.807, 2.05) is 30.3 Å². The summed E-state index contributed by atoms with van der Waals surface area (Å²) in [6, 6.07) is 25.0. The molecule has 3 aliphatic heterocycles. The number of benzene rings is 3. The summed E-state index contributed by atoms with van der Waals surface area (Å²) in [5, 5.41) is 12.4. The number of carbonyl (C=O) groups excluding carboxylic acids is 2. The van der Waals surface area contributed by atoms with Gasteiger partial charge in [-0.25, -0.2) is 0 Å². The second-order valence-corrected chi connectivity index (χ2v) is 13.4. The summed E-state index contributed by atoms with van der Waals surface area (Å²) >= 11 is 0. The van der Waals surface area contributed by atoms with E-state index in [0.29, 0.717) is 12.6 Å². The summed E-state index contributed by atoms with van der Waals surface area (Å²) in [4.78, 5) is 28.8. The molecule has 0 bridgehead atoms. The van der Waals surface area contributed by atoms with Crippen LogP contribution in [0.3, 0.4) is 0 Å². The van der Waals surface area contributed by atoms with Crippen molar-refractivity contribution in [2.75, 3.05) is 32.7 Å². The second kappa shape index (κ2) is 16.2. The highest BCUT2D eigenvalue weighted by atomic mass is 16.7. The average Bonchev–Trinajstić information content (AvgIpc) is 3.79. The first-order valence-corrected chi connectivity index (χ1v) is 17.5. The first kappa shape index (κ1) is 34.3. The number of amides is 1. The van der Waals surface area contributed by atoms with Gasteiger partial charge in [0.2, 0.25) is 0 Å². The summed E-state index contributed by atoms with van der Waals surface area (Å²) in [7, 11) is 0. The number of rotatable bonds is 12. The Morgan fingerprint density at radius 2 is 1.65 bits per heavy atom. The quantitative estimate of drug-likeness (QED) is 0.246. The zero-order chi connectivity index (χ0) is 33.5. The number of carbonyl (C=O) groups is 2. The average molecular weight is 656 g/mol. The van der Waals surface area contributed by atoms with Crippen LogP contribution in [-0.2, 0) is 37.0 Å². The Bertz CT molecular complexity index is 1510. The van der Waals surface area contributed by atoms with Crippen molar-refractivity contribution in [2.45, 2.75) is 89.7 Å². The third kappa shape index (κ3) is 8.89. The molecule has 3 aliphatic rings. The van der Waals surface area contributed by atoms with Gasteiger partial charge in [0.25, 0.3) is 5.91 Å². The molecule has 48 heavy (non-hydrogen) atoms. The van der Waals surface area contributed by atoms with Gasteiger partial charge in [0, 0.05) is 44.6 Å². The standard InChI is InChI=1S/C39H49N3O6/c1-27(46-28(2)44)38(45)40-23-30-7-5-8-34(21-30)31-14-16-33(17-15-31)39-47-36(22-37(48-39)32-12-10-29(26-43)11-13-32)25-42-20-6-9-35(42)24-41-18-3-4-19-41/h5,7-8,10-17,21,27,35-37,39,43H,3-4,6,9,18-20,22-26H2,1-2H3,(H,40,45). The molecule has 0 saturated carbocycles. The van der Waals surface area contributed by atoms with Gasteiger partial charge in [-0.2, -0.15) is 0 Å². The predicted octanol–water partition coefficient (Wildman–Crippen LogP) is 5.52. The highest BCUT2D eigenvalue weighted by Crippen LogP contribution is 2.39. The highest BCUT2D eigenvalue weighted by Gasteiger charge is 2.36. The fourth-order valence-electron chi connectivity index (χ4n) is 7.23. The molecule has 5 unspecified atom stereocenters. The molecule has 3 saturated heterocycles. The molecule has 256 valence electrons. The molecule has 5 atom stereocenters. The molecule has 0 radical (unpaired) electrons. The first-order chi connectivity index (χ1) is 23.3. The van der Waals surface area contributed by atoms with E-state index >= 15 is 0 Å². The normalized spacial score (nSPS) is 24.0. The molecule has 0 aliphatic carbocycles. The van der Waals surface area contributed by atoms with Crippen molar-refractivity contribution in [1.29, 1.82) is 0 Å². The molecular weight excluding hydrogens is 606 g/mol. The predicted molar refractivity (Wildman–Crippen MR) is 184 cm³/mol. The lowest BCUT2D eigenvalue weighted by atomic mass is 9.98. The topological polar surface area (TPSA) is 101 Å². The lowest BCUT2D eigenvalue weighted by Crippen LogP contribution is -2.45. The third-order valence-corrected chi connectivity index (χ3v) is 9.84. The Morgan fingerprint density at radius 1 is 0.896 bits per heavy atom. The van der Waals surface area contributed by atoms with Crippen LogP contribution in [0.25, 0.3) is 11.1 Å². The molecule has 9 nitrogen and oxygen atoms in total. The molecule has 2 N–H and O–H groups in total. The van der Waals surface area contributed by atoms with Crippen molar-refractivity contribution >= 4 is 11.9 Å². The zero-order valence-corrected chi connectivity index (χ0v) is 28.2. The number of ether oxygens (including phenoxy) is 3. The van der Waals surface area contributed by atoms with Crippen LogP contribution in [-0.4, -0.2) is 77.8 Å². The van der Waals surface area contributed by atoms with Crippen LogP contribution >= 0.6 is 0 Å². The van der Waals surface area contributed by atoms with Gasteiger partial charge >= 0.3 is 5.97 Å². The van der Waals surface area contributed by atoms with E-state index in [0.717, 1.165) is 59.4 Å². The largest absolute Gasteiger partial charge is 0.453 e. The van der Waals surface area contributed by atoms with Crippen molar-refractivity contribution in [3.05, 3.63) is 95.1 Å². The van der Waals surface area contributed by atoms with Crippen molar-refractivity contribution in [2.24, 2.45) is 0 Å². The van der Waals surface area contributed by atoms with Crippen molar-refractivity contribution in [3.63, 3.8) is 0 Å². The fourth-order valence-corrected chi connectivity index (χ4v) is 7.23. The molecule has 9 heteroatoms. The third-order valence-electron chi connectivity index (χ3n) is 9.84. The number of nitrogens with one attached hydrogen (secondary N) is 1. The monoisotopic (exact) mass is 655 g/mol. The minimum Gasteiger partial charge on any atom is -0.453 e. The number of likely N-dealkylation sites (tertiary alicyclic amines) is 2. The van der Waals surface area contributed by atoms with Gasteiger partial charge in [0.1, 0.15) is 0 Å². The minimum absolute atomic E-state index is 0.0205. The van der Waals surface area contributed by atoms with E-state index < -0.39 is 18.4 Å². The van der Waals surface area contributed by atoms with Gasteiger partial charge in [0.15, 0.2) is 12.4 Å². The van der Waals surface area contributed by atoms with Crippen LogP contribution in [0.4, 0.5) is 0 Å². The maximum absolute atomic E-state index is 12.3. The second-order valence-electron chi connectivity index (χ2n) is 13.4. The van der Waals surface area contributed by atoms with Crippen molar-refractivity contribution in [3.8, 4) is 11.1 Å². The number of aliphatic hydroxyl groups excluding tert-OH is 1. The van der Waals surface area contributed by atoms with E-state index in [-0.39, 0.29) is 24.7 Å². The molecule has 3 aromatic carbocycles. The summed E-state index contributed by atoms with van der Waals surface area (Å²) < 4.78 is 18.3. The summed E-state index contributed by atoms with van der Waals surface area (Å²) in [5.74, 6) is -0.816. The van der Waals surface area contributed by atoms with Crippen LogP contribution in [0.2, 0.25) is 0 Å². The van der Waals surface area contributed by atoms with E-state index in [1.54, 1.807) is 6.92 Å². The molecule has 6 rings (SSSR count). The van der Waals surface area contributed by atoms with Gasteiger partial charge in [0.05, 0.1) is 18.8 Å².